The number of nitrogens with zero attached hydrogens (tertiary/aromatic N) is 1. The molecule has 0 fully saturated rings. The van der Waals surface area contributed by atoms with E-state index in [0.29, 0.717) is 4.47 Å². The van der Waals surface area contributed by atoms with Crippen molar-refractivity contribution in [3.05, 3.63) is 38.3 Å². The van der Waals surface area contributed by atoms with Crippen molar-refractivity contribution in [3.63, 3.8) is 0 Å². The molecule has 0 saturated carbocycles. The van der Waals surface area contributed by atoms with Crippen LogP contribution in [0.15, 0.2) is 22.7 Å². The lowest BCUT2D eigenvalue weighted by Gasteiger charge is -1.99. The molecule has 0 N–H and O–H groups in total. The highest BCUT2D eigenvalue weighted by molar-refractivity contribution is 9.10. The Hall–Kier alpha value is -0.610. The van der Waals surface area contributed by atoms with Crippen LogP contribution in [0.4, 0.5) is 5.69 Å². The van der Waals surface area contributed by atoms with Gasteiger partial charge in [0.2, 0.25) is 0 Å². The monoisotopic (exact) mass is 249 g/mol. The smallest absolute Gasteiger partial charge is 0.258 e. The highest BCUT2D eigenvalue weighted by Crippen LogP contribution is 2.28. The molecule has 1 rings (SSSR count). The van der Waals surface area contributed by atoms with E-state index >= 15 is 0 Å². The first kappa shape index (κ1) is 9.48. The number of nitro groups is 1. The van der Waals surface area contributed by atoms with Gasteiger partial charge in [-0.1, -0.05) is 12.1 Å². The molecule has 1 aromatic rings. The van der Waals surface area contributed by atoms with Crippen LogP contribution in [0.1, 0.15) is 5.56 Å². The third-order valence-corrected chi connectivity index (χ3v) is 2.60. The molecule has 0 amide bonds. The Morgan fingerprint density at radius 1 is 1.58 bits per heavy atom. The van der Waals surface area contributed by atoms with Crippen LogP contribution in [0.25, 0.3) is 0 Å². The van der Waals surface area contributed by atoms with E-state index in [-0.39, 0.29) is 11.6 Å². The van der Waals surface area contributed by atoms with E-state index in [0.717, 1.165) is 5.56 Å². The lowest BCUT2D eigenvalue weighted by molar-refractivity contribution is -0.385. The van der Waals surface area contributed by atoms with Gasteiger partial charge < -0.3 is 0 Å². The van der Waals surface area contributed by atoms with E-state index < -0.39 is 4.92 Å². The fourth-order valence-electron chi connectivity index (χ4n) is 0.810. The van der Waals surface area contributed by atoms with Crippen LogP contribution in [0.2, 0.25) is 0 Å². The van der Waals surface area contributed by atoms with Crippen molar-refractivity contribution < 1.29 is 4.92 Å². The second-order valence-corrected chi connectivity index (χ2v) is 3.20. The van der Waals surface area contributed by atoms with Crippen LogP contribution in [0, 0.1) is 10.1 Å². The third kappa shape index (κ3) is 1.76. The molecular weight excluding hydrogens is 245 g/mol. The number of benzene rings is 1. The molecule has 0 heterocycles. The molecule has 5 heteroatoms. The molecule has 64 valence electrons. The Kier molecular flexibility index (Phi) is 3.05. The van der Waals surface area contributed by atoms with Crippen LogP contribution in [-0.4, -0.2) is 4.92 Å². The first-order valence-corrected chi connectivity index (χ1v) is 4.47. The fourth-order valence-corrected chi connectivity index (χ4v) is 1.74. The van der Waals surface area contributed by atoms with E-state index in [4.69, 9.17) is 11.6 Å². The average Bonchev–Trinajstić information content (AvgIpc) is 2.04. The topological polar surface area (TPSA) is 43.1 Å². The molecule has 0 aliphatic rings. The molecule has 0 atom stereocenters. The standard InChI is InChI=1S/C7H5BrClNO2/c8-7-5(4-9)2-1-3-6(7)10(11)12/h1-3H,4H2. The number of halogens is 2. The lowest BCUT2D eigenvalue weighted by atomic mass is 10.2. The van der Waals surface area contributed by atoms with Crippen LogP contribution < -0.4 is 0 Å². The Bertz CT molecular complexity index is 316. The predicted octanol–water partition coefficient (Wildman–Crippen LogP) is 3.10. The molecule has 0 aliphatic heterocycles. The minimum atomic E-state index is -0.444. The highest BCUT2D eigenvalue weighted by Gasteiger charge is 2.13. The number of alkyl halides is 1. The van der Waals surface area contributed by atoms with Gasteiger partial charge in [0.15, 0.2) is 0 Å². The van der Waals surface area contributed by atoms with E-state index in [2.05, 4.69) is 15.9 Å². The molecule has 0 spiro atoms. The zero-order chi connectivity index (χ0) is 9.14. The summed E-state index contributed by atoms with van der Waals surface area (Å²) in [6, 6.07) is 4.78. The second-order valence-electron chi connectivity index (χ2n) is 2.14. The Balaban J connectivity index is 3.23. The molecule has 12 heavy (non-hydrogen) atoms. The quantitative estimate of drug-likeness (QED) is 0.460. The van der Waals surface area contributed by atoms with Crippen molar-refractivity contribution >= 4 is 33.2 Å². The summed E-state index contributed by atoms with van der Waals surface area (Å²) in [6.07, 6.45) is 0. The van der Waals surface area contributed by atoms with Gasteiger partial charge >= 0.3 is 0 Å². The van der Waals surface area contributed by atoms with Crippen molar-refractivity contribution in [2.45, 2.75) is 5.88 Å². The Morgan fingerprint density at radius 3 is 2.75 bits per heavy atom. The summed E-state index contributed by atoms with van der Waals surface area (Å²) in [6.45, 7) is 0. The fraction of sp³-hybridized carbons (Fsp3) is 0.143. The number of rotatable bonds is 2. The van der Waals surface area contributed by atoms with Crippen LogP contribution in [-0.2, 0) is 5.88 Å². The van der Waals surface area contributed by atoms with E-state index in [9.17, 15) is 10.1 Å². The summed E-state index contributed by atoms with van der Waals surface area (Å²) in [4.78, 5) is 9.98. The molecule has 3 nitrogen and oxygen atoms in total. The summed E-state index contributed by atoms with van der Waals surface area (Å²) < 4.78 is 0.463. The number of hydrogen-bond acceptors (Lipinski definition) is 2. The van der Waals surface area contributed by atoms with Gasteiger partial charge in [-0.25, -0.2) is 0 Å². The first-order valence-electron chi connectivity index (χ1n) is 3.14. The second kappa shape index (κ2) is 3.87. The molecule has 0 bridgehead atoms. The number of hydrogen-bond donors (Lipinski definition) is 0. The minimum absolute atomic E-state index is 0.0492. The van der Waals surface area contributed by atoms with Gasteiger partial charge in [0.1, 0.15) is 0 Å². The molecule has 0 aliphatic carbocycles. The summed E-state index contributed by atoms with van der Waals surface area (Å²) in [5.41, 5.74) is 0.777. The predicted molar refractivity (Wildman–Crippen MR) is 50.4 cm³/mol. The van der Waals surface area contributed by atoms with Gasteiger partial charge in [-0.15, -0.1) is 11.6 Å². The maximum atomic E-state index is 10.4. The normalized spacial score (nSPS) is 9.83. The van der Waals surface area contributed by atoms with E-state index in [1.807, 2.05) is 0 Å². The van der Waals surface area contributed by atoms with Crippen molar-refractivity contribution in [1.82, 2.24) is 0 Å². The van der Waals surface area contributed by atoms with Crippen LogP contribution in [0.5, 0.6) is 0 Å². The van der Waals surface area contributed by atoms with Gasteiger partial charge in [0, 0.05) is 11.9 Å². The lowest BCUT2D eigenvalue weighted by Crippen LogP contribution is -1.91. The average molecular weight is 250 g/mol. The van der Waals surface area contributed by atoms with E-state index in [1.165, 1.54) is 6.07 Å². The summed E-state index contributed by atoms with van der Waals surface area (Å²) in [5, 5.41) is 10.4. The van der Waals surface area contributed by atoms with Gasteiger partial charge in [-0.05, 0) is 21.5 Å². The molecule has 0 aromatic heterocycles. The maximum Gasteiger partial charge on any atom is 0.283 e. The van der Waals surface area contributed by atoms with Gasteiger partial charge in [-0.3, -0.25) is 10.1 Å². The van der Waals surface area contributed by atoms with Crippen LogP contribution >= 0.6 is 27.5 Å². The maximum absolute atomic E-state index is 10.4. The van der Waals surface area contributed by atoms with E-state index in [1.54, 1.807) is 12.1 Å². The van der Waals surface area contributed by atoms with Gasteiger partial charge in [-0.2, -0.15) is 0 Å². The summed E-state index contributed by atoms with van der Waals surface area (Å²) in [7, 11) is 0. The summed E-state index contributed by atoms with van der Waals surface area (Å²) >= 11 is 8.67. The zero-order valence-corrected chi connectivity index (χ0v) is 8.30. The minimum Gasteiger partial charge on any atom is -0.258 e. The highest BCUT2D eigenvalue weighted by atomic mass is 79.9. The van der Waals surface area contributed by atoms with Crippen molar-refractivity contribution in [1.29, 1.82) is 0 Å². The molecule has 0 unspecified atom stereocenters. The molecule has 1 aromatic carbocycles. The Labute approximate surface area is 82.6 Å². The van der Waals surface area contributed by atoms with Crippen molar-refractivity contribution in [2.24, 2.45) is 0 Å². The largest absolute Gasteiger partial charge is 0.283 e. The van der Waals surface area contributed by atoms with Crippen molar-refractivity contribution in [2.75, 3.05) is 0 Å². The SMILES string of the molecule is O=[N+]([O-])c1cccc(CCl)c1Br. The first-order chi connectivity index (χ1) is 5.66. The van der Waals surface area contributed by atoms with Crippen LogP contribution in [0.3, 0.4) is 0 Å². The molecule has 0 saturated heterocycles. The third-order valence-electron chi connectivity index (χ3n) is 1.40. The Morgan fingerprint density at radius 2 is 2.25 bits per heavy atom. The molecule has 0 radical (unpaired) electrons. The molecular formula is C7H5BrClNO2. The summed E-state index contributed by atoms with van der Waals surface area (Å²) in [5.74, 6) is 0.266. The van der Waals surface area contributed by atoms with Crippen molar-refractivity contribution in [3.8, 4) is 0 Å². The van der Waals surface area contributed by atoms with Gasteiger partial charge in [0.25, 0.3) is 5.69 Å². The zero-order valence-electron chi connectivity index (χ0n) is 5.96. The number of nitro benzene ring substituents is 1. The van der Waals surface area contributed by atoms with Gasteiger partial charge in [0.05, 0.1) is 9.40 Å².